The van der Waals surface area contributed by atoms with Crippen LogP contribution in [-0.4, -0.2) is 17.2 Å². The van der Waals surface area contributed by atoms with E-state index in [0.29, 0.717) is 6.07 Å². The van der Waals surface area contributed by atoms with Gasteiger partial charge in [0.25, 0.3) is 0 Å². The van der Waals surface area contributed by atoms with Gasteiger partial charge in [0.2, 0.25) is 0 Å². The maximum Gasteiger partial charge on any atom is 0.489 e. The van der Waals surface area contributed by atoms with E-state index in [1.807, 2.05) is 0 Å². The highest BCUT2D eigenvalue weighted by molar-refractivity contribution is 9.10. The predicted molar refractivity (Wildman–Crippen MR) is 43.8 cm³/mol. The third kappa shape index (κ3) is 1.87. The first-order valence-corrected chi connectivity index (χ1v) is 3.93. The highest BCUT2D eigenvalue weighted by atomic mass is 79.9. The lowest BCUT2D eigenvalue weighted by molar-refractivity contribution is 0.420. The van der Waals surface area contributed by atoms with Crippen molar-refractivity contribution in [2.24, 2.45) is 0 Å². The molecular formula is C6H3BBrF3O2. The first-order valence-electron chi connectivity index (χ1n) is 3.14. The van der Waals surface area contributed by atoms with Gasteiger partial charge in [0.05, 0.1) is 4.47 Å². The Labute approximate surface area is 80.3 Å². The molecule has 0 bridgehead atoms. The quantitative estimate of drug-likeness (QED) is 0.437. The summed E-state index contributed by atoms with van der Waals surface area (Å²) in [7, 11) is -2.06. The van der Waals surface area contributed by atoms with Gasteiger partial charge in [0.1, 0.15) is 0 Å². The molecule has 1 aromatic rings. The summed E-state index contributed by atoms with van der Waals surface area (Å²) < 4.78 is 37.2. The predicted octanol–water partition coefficient (Wildman–Crippen LogP) is 0.546. The van der Waals surface area contributed by atoms with Crippen molar-refractivity contribution >= 4 is 28.5 Å². The van der Waals surface area contributed by atoms with Crippen LogP contribution in [0.5, 0.6) is 0 Å². The normalized spacial score (nSPS) is 10.3. The van der Waals surface area contributed by atoms with Crippen molar-refractivity contribution in [3.05, 3.63) is 28.0 Å². The zero-order valence-corrected chi connectivity index (χ0v) is 7.65. The van der Waals surface area contributed by atoms with Crippen LogP contribution in [-0.2, 0) is 0 Å². The minimum Gasteiger partial charge on any atom is -0.423 e. The fourth-order valence-electron chi connectivity index (χ4n) is 0.779. The third-order valence-electron chi connectivity index (χ3n) is 1.41. The molecule has 0 aliphatic carbocycles. The molecule has 0 heterocycles. The molecule has 0 saturated carbocycles. The fraction of sp³-hybridized carbons (Fsp3) is 0. The van der Waals surface area contributed by atoms with E-state index >= 15 is 0 Å². The van der Waals surface area contributed by atoms with Crippen molar-refractivity contribution in [3.63, 3.8) is 0 Å². The molecule has 0 fully saturated rings. The molecule has 0 aliphatic rings. The first-order chi connectivity index (χ1) is 5.95. The Balaban J connectivity index is 3.41. The molecule has 0 unspecified atom stereocenters. The van der Waals surface area contributed by atoms with Gasteiger partial charge in [0, 0.05) is 5.46 Å². The summed E-state index contributed by atoms with van der Waals surface area (Å²) in [6, 6.07) is 0.507. The van der Waals surface area contributed by atoms with Gasteiger partial charge in [-0.25, -0.2) is 13.2 Å². The second-order valence-electron chi connectivity index (χ2n) is 2.26. The van der Waals surface area contributed by atoms with Crippen LogP contribution in [0.15, 0.2) is 10.5 Å². The Morgan fingerprint density at radius 2 is 1.69 bits per heavy atom. The van der Waals surface area contributed by atoms with Gasteiger partial charge in [0.15, 0.2) is 17.5 Å². The zero-order chi connectivity index (χ0) is 10.2. The molecule has 1 rings (SSSR count). The van der Waals surface area contributed by atoms with Crippen LogP contribution in [0.2, 0.25) is 0 Å². The molecule has 7 heteroatoms. The maximum atomic E-state index is 12.7. The summed E-state index contributed by atoms with van der Waals surface area (Å²) in [5, 5.41) is 17.2. The molecule has 2 N–H and O–H groups in total. The van der Waals surface area contributed by atoms with E-state index in [1.54, 1.807) is 0 Å². The molecule has 0 aliphatic heterocycles. The molecule has 0 saturated heterocycles. The second kappa shape index (κ2) is 3.69. The number of rotatable bonds is 1. The summed E-state index contributed by atoms with van der Waals surface area (Å²) >= 11 is 2.56. The Morgan fingerprint density at radius 3 is 2.15 bits per heavy atom. The van der Waals surface area contributed by atoms with E-state index in [4.69, 9.17) is 10.0 Å². The van der Waals surface area contributed by atoms with Gasteiger partial charge in [-0.2, -0.15) is 0 Å². The first kappa shape index (κ1) is 10.6. The molecule has 70 valence electrons. The SMILES string of the molecule is OB(O)c1cc(F)c(F)c(F)c1Br. The Morgan fingerprint density at radius 1 is 1.15 bits per heavy atom. The number of hydrogen-bond acceptors (Lipinski definition) is 2. The molecule has 0 aromatic heterocycles. The van der Waals surface area contributed by atoms with Crippen molar-refractivity contribution in [2.75, 3.05) is 0 Å². The monoisotopic (exact) mass is 254 g/mol. The van der Waals surface area contributed by atoms with Crippen LogP contribution < -0.4 is 5.46 Å². The van der Waals surface area contributed by atoms with E-state index in [-0.39, 0.29) is 0 Å². The number of halogens is 4. The summed E-state index contributed by atoms with van der Waals surface area (Å²) in [5.41, 5.74) is -0.462. The van der Waals surface area contributed by atoms with Crippen LogP contribution in [0, 0.1) is 17.5 Å². The smallest absolute Gasteiger partial charge is 0.423 e. The van der Waals surface area contributed by atoms with Gasteiger partial charge < -0.3 is 10.0 Å². The van der Waals surface area contributed by atoms with Gasteiger partial charge in [-0.3, -0.25) is 0 Å². The van der Waals surface area contributed by atoms with Crippen molar-refractivity contribution in [1.29, 1.82) is 0 Å². The van der Waals surface area contributed by atoms with Crippen LogP contribution in [0.1, 0.15) is 0 Å². The Kier molecular flexibility index (Phi) is 3.00. The molecule has 0 spiro atoms. The average molecular weight is 255 g/mol. The van der Waals surface area contributed by atoms with E-state index in [2.05, 4.69) is 15.9 Å². The lowest BCUT2D eigenvalue weighted by Crippen LogP contribution is -2.32. The summed E-state index contributed by atoms with van der Waals surface area (Å²) in [5.74, 6) is -4.61. The van der Waals surface area contributed by atoms with Crippen molar-refractivity contribution < 1.29 is 23.2 Å². The lowest BCUT2D eigenvalue weighted by atomic mass is 9.80. The minimum atomic E-state index is -2.06. The zero-order valence-electron chi connectivity index (χ0n) is 6.06. The highest BCUT2D eigenvalue weighted by Gasteiger charge is 2.23. The van der Waals surface area contributed by atoms with E-state index in [9.17, 15) is 13.2 Å². The Hall–Kier alpha value is -0.525. The third-order valence-corrected chi connectivity index (χ3v) is 2.21. The Bertz CT molecular complexity index is 345. The van der Waals surface area contributed by atoms with Crippen molar-refractivity contribution in [1.82, 2.24) is 0 Å². The van der Waals surface area contributed by atoms with E-state index < -0.39 is 34.5 Å². The molecule has 0 atom stereocenters. The van der Waals surface area contributed by atoms with Crippen LogP contribution in [0.3, 0.4) is 0 Å². The van der Waals surface area contributed by atoms with Crippen molar-refractivity contribution in [2.45, 2.75) is 0 Å². The van der Waals surface area contributed by atoms with Crippen molar-refractivity contribution in [3.8, 4) is 0 Å². The summed E-state index contributed by atoms with van der Waals surface area (Å²) in [6.45, 7) is 0. The van der Waals surface area contributed by atoms with Gasteiger partial charge in [-0.15, -0.1) is 0 Å². The van der Waals surface area contributed by atoms with Gasteiger partial charge in [-0.1, -0.05) is 0 Å². The second-order valence-corrected chi connectivity index (χ2v) is 3.06. The van der Waals surface area contributed by atoms with E-state index in [1.165, 1.54) is 0 Å². The summed E-state index contributed by atoms with van der Waals surface area (Å²) in [4.78, 5) is 0. The molecule has 0 amide bonds. The minimum absolute atomic E-state index is 0.462. The molecule has 1 aromatic carbocycles. The number of hydrogen-bond donors (Lipinski definition) is 2. The van der Waals surface area contributed by atoms with Crippen LogP contribution in [0.25, 0.3) is 0 Å². The molecule has 2 nitrogen and oxygen atoms in total. The lowest BCUT2D eigenvalue weighted by Gasteiger charge is -2.05. The summed E-state index contributed by atoms with van der Waals surface area (Å²) in [6.07, 6.45) is 0. The average Bonchev–Trinajstić information content (AvgIpc) is 2.07. The largest absolute Gasteiger partial charge is 0.489 e. The van der Waals surface area contributed by atoms with Gasteiger partial charge in [-0.05, 0) is 22.0 Å². The van der Waals surface area contributed by atoms with E-state index in [0.717, 1.165) is 0 Å². The molecule has 13 heavy (non-hydrogen) atoms. The topological polar surface area (TPSA) is 40.5 Å². The van der Waals surface area contributed by atoms with Crippen LogP contribution >= 0.6 is 15.9 Å². The molecular weight excluding hydrogens is 252 g/mol. The standard InChI is InChI=1S/C6H3BBrF3O2/c8-4-2(7(12)13)1-3(9)5(10)6(4)11/h1,12-13H. The van der Waals surface area contributed by atoms with Crippen LogP contribution in [0.4, 0.5) is 13.2 Å². The number of benzene rings is 1. The fourth-order valence-corrected chi connectivity index (χ4v) is 1.27. The van der Waals surface area contributed by atoms with Gasteiger partial charge >= 0.3 is 7.12 Å². The highest BCUT2D eigenvalue weighted by Crippen LogP contribution is 2.18. The maximum absolute atomic E-state index is 12.7. The molecule has 0 radical (unpaired) electrons.